The monoisotopic (exact) mass is 347 g/mol. The average molecular weight is 348 g/mol. The summed E-state index contributed by atoms with van der Waals surface area (Å²) in [6, 6.07) is 9.02. The van der Waals surface area contributed by atoms with Crippen LogP contribution in [0.25, 0.3) is 0 Å². The molecular formula is C19H23ClFN3. The van der Waals surface area contributed by atoms with Gasteiger partial charge in [0.25, 0.3) is 0 Å². The minimum atomic E-state index is -0.378. The van der Waals surface area contributed by atoms with Gasteiger partial charge in [0.15, 0.2) is 0 Å². The highest BCUT2D eigenvalue weighted by Crippen LogP contribution is 2.19. The Hall–Kier alpha value is -1.65. The first kappa shape index (κ1) is 17.2. The molecule has 0 atom stereocenters. The van der Waals surface area contributed by atoms with Crippen molar-refractivity contribution in [1.82, 2.24) is 10.3 Å². The van der Waals surface area contributed by atoms with E-state index >= 15 is 0 Å². The number of hydrogen-bond donors (Lipinski definition) is 1. The van der Waals surface area contributed by atoms with Crippen molar-refractivity contribution in [3.8, 4) is 0 Å². The van der Waals surface area contributed by atoms with Gasteiger partial charge in [-0.05, 0) is 48.2 Å². The van der Waals surface area contributed by atoms with E-state index in [1.807, 2.05) is 12.3 Å². The first-order valence-corrected chi connectivity index (χ1v) is 8.95. The van der Waals surface area contributed by atoms with E-state index in [-0.39, 0.29) is 10.8 Å². The lowest BCUT2D eigenvalue weighted by Gasteiger charge is -2.21. The summed E-state index contributed by atoms with van der Waals surface area (Å²) in [7, 11) is 0. The molecule has 1 aromatic carbocycles. The molecule has 3 nitrogen and oxygen atoms in total. The van der Waals surface area contributed by atoms with Gasteiger partial charge in [-0.1, -0.05) is 30.5 Å². The van der Waals surface area contributed by atoms with E-state index in [2.05, 4.69) is 21.3 Å². The van der Waals surface area contributed by atoms with E-state index in [0.717, 1.165) is 31.0 Å². The van der Waals surface area contributed by atoms with Crippen molar-refractivity contribution in [2.45, 2.75) is 38.8 Å². The Labute approximate surface area is 147 Å². The third-order valence-corrected chi connectivity index (χ3v) is 4.67. The fourth-order valence-electron chi connectivity index (χ4n) is 3.04. The fourth-order valence-corrected chi connectivity index (χ4v) is 3.25. The molecule has 0 saturated carbocycles. The molecule has 1 saturated heterocycles. The first-order valence-electron chi connectivity index (χ1n) is 8.57. The van der Waals surface area contributed by atoms with Crippen molar-refractivity contribution in [3.05, 3.63) is 58.5 Å². The quantitative estimate of drug-likeness (QED) is 0.860. The van der Waals surface area contributed by atoms with Crippen molar-refractivity contribution < 1.29 is 4.39 Å². The molecule has 1 fully saturated rings. The maximum absolute atomic E-state index is 13.2. The van der Waals surface area contributed by atoms with Crippen LogP contribution in [0.15, 0.2) is 36.5 Å². The van der Waals surface area contributed by atoms with Crippen LogP contribution in [0.2, 0.25) is 5.02 Å². The SMILES string of the molecule is Fc1ccc(CNCc2ccnc(N3CCCCCC3)c2)cc1Cl. The second kappa shape index (κ2) is 8.45. The summed E-state index contributed by atoms with van der Waals surface area (Å²) >= 11 is 5.81. The van der Waals surface area contributed by atoms with Gasteiger partial charge in [-0.2, -0.15) is 0 Å². The van der Waals surface area contributed by atoms with Gasteiger partial charge in [0.1, 0.15) is 11.6 Å². The zero-order chi connectivity index (χ0) is 16.8. The van der Waals surface area contributed by atoms with E-state index in [9.17, 15) is 4.39 Å². The van der Waals surface area contributed by atoms with Crippen LogP contribution < -0.4 is 10.2 Å². The summed E-state index contributed by atoms with van der Waals surface area (Å²) in [5.74, 6) is 0.692. The van der Waals surface area contributed by atoms with Crippen molar-refractivity contribution in [2.24, 2.45) is 0 Å². The Morgan fingerprint density at radius 2 is 1.71 bits per heavy atom. The maximum Gasteiger partial charge on any atom is 0.141 e. The Morgan fingerprint density at radius 1 is 1.00 bits per heavy atom. The van der Waals surface area contributed by atoms with Crippen LogP contribution in [0.4, 0.5) is 10.2 Å². The van der Waals surface area contributed by atoms with Gasteiger partial charge in [-0.3, -0.25) is 0 Å². The summed E-state index contributed by atoms with van der Waals surface area (Å²) in [5, 5.41) is 3.55. The largest absolute Gasteiger partial charge is 0.357 e. The van der Waals surface area contributed by atoms with E-state index in [1.54, 1.807) is 12.1 Å². The van der Waals surface area contributed by atoms with E-state index in [0.29, 0.717) is 6.54 Å². The zero-order valence-electron chi connectivity index (χ0n) is 13.8. The molecule has 0 unspecified atom stereocenters. The molecule has 0 aliphatic carbocycles. The van der Waals surface area contributed by atoms with E-state index < -0.39 is 0 Å². The summed E-state index contributed by atoms with van der Waals surface area (Å²) in [6.45, 7) is 3.59. The molecule has 1 aliphatic rings. The lowest BCUT2D eigenvalue weighted by Crippen LogP contribution is -2.25. The molecule has 1 N–H and O–H groups in total. The van der Waals surface area contributed by atoms with E-state index in [4.69, 9.17) is 11.6 Å². The first-order chi connectivity index (χ1) is 11.7. The second-order valence-electron chi connectivity index (χ2n) is 6.28. The molecular weight excluding hydrogens is 325 g/mol. The van der Waals surface area contributed by atoms with Gasteiger partial charge in [0, 0.05) is 32.4 Å². The highest BCUT2D eigenvalue weighted by Gasteiger charge is 2.11. The van der Waals surface area contributed by atoms with Gasteiger partial charge >= 0.3 is 0 Å². The van der Waals surface area contributed by atoms with Crippen molar-refractivity contribution in [2.75, 3.05) is 18.0 Å². The fraction of sp³-hybridized carbons (Fsp3) is 0.421. The highest BCUT2D eigenvalue weighted by atomic mass is 35.5. The third kappa shape index (κ3) is 4.68. The molecule has 0 radical (unpaired) electrons. The Bertz CT molecular complexity index is 669. The van der Waals surface area contributed by atoms with Crippen molar-refractivity contribution >= 4 is 17.4 Å². The molecule has 2 heterocycles. The summed E-state index contributed by atoms with van der Waals surface area (Å²) < 4.78 is 13.2. The van der Waals surface area contributed by atoms with Crippen molar-refractivity contribution in [1.29, 1.82) is 0 Å². The zero-order valence-corrected chi connectivity index (χ0v) is 14.5. The van der Waals surface area contributed by atoms with Crippen LogP contribution in [0.1, 0.15) is 36.8 Å². The minimum Gasteiger partial charge on any atom is -0.357 e. The lowest BCUT2D eigenvalue weighted by atomic mass is 10.2. The van der Waals surface area contributed by atoms with Gasteiger partial charge in [-0.15, -0.1) is 0 Å². The predicted molar refractivity (Wildman–Crippen MR) is 96.9 cm³/mol. The topological polar surface area (TPSA) is 28.2 Å². The molecule has 24 heavy (non-hydrogen) atoms. The molecule has 0 bridgehead atoms. The molecule has 5 heteroatoms. The van der Waals surface area contributed by atoms with Gasteiger partial charge in [-0.25, -0.2) is 9.37 Å². The van der Waals surface area contributed by atoms with Gasteiger partial charge < -0.3 is 10.2 Å². The number of aromatic nitrogens is 1. The van der Waals surface area contributed by atoms with Gasteiger partial charge in [0.05, 0.1) is 5.02 Å². The molecule has 2 aromatic rings. The number of anilines is 1. The summed E-state index contributed by atoms with van der Waals surface area (Å²) in [6.07, 6.45) is 7.01. The highest BCUT2D eigenvalue weighted by molar-refractivity contribution is 6.30. The van der Waals surface area contributed by atoms with Crippen LogP contribution >= 0.6 is 11.6 Å². The van der Waals surface area contributed by atoms with Crippen LogP contribution in [-0.4, -0.2) is 18.1 Å². The summed E-state index contributed by atoms with van der Waals surface area (Å²) in [4.78, 5) is 6.92. The maximum atomic E-state index is 13.2. The van der Waals surface area contributed by atoms with E-state index in [1.165, 1.54) is 37.3 Å². The Kier molecular flexibility index (Phi) is 6.05. The predicted octanol–water partition coefficient (Wildman–Crippen LogP) is 4.54. The standard InChI is InChI=1S/C19H23ClFN3/c20-17-11-15(5-6-18(17)21)13-22-14-16-7-8-23-19(12-16)24-9-3-1-2-4-10-24/h5-8,11-12,22H,1-4,9-10,13-14H2. The Morgan fingerprint density at radius 3 is 2.42 bits per heavy atom. The number of pyridine rings is 1. The molecule has 0 amide bonds. The van der Waals surface area contributed by atoms with Crippen molar-refractivity contribution in [3.63, 3.8) is 0 Å². The summed E-state index contributed by atoms with van der Waals surface area (Å²) in [5.41, 5.74) is 2.18. The normalized spacial score (nSPS) is 15.3. The molecule has 1 aliphatic heterocycles. The number of benzene rings is 1. The number of halogens is 2. The number of rotatable bonds is 5. The third-order valence-electron chi connectivity index (χ3n) is 4.38. The van der Waals surface area contributed by atoms with Crippen LogP contribution in [0.3, 0.4) is 0 Å². The minimum absolute atomic E-state index is 0.168. The van der Waals surface area contributed by atoms with Gasteiger partial charge in [0.2, 0.25) is 0 Å². The lowest BCUT2D eigenvalue weighted by molar-refractivity contribution is 0.625. The Balaban J connectivity index is 1.57. The molecule has 0 spiro atoms. The van der Waals surface area contributed by atoms with Crippen LogP contribution in [0, 0.1) is 5.82 Å². The smallest absolute Gasteiger partial charge is 0.141 e. The van der Waals surface area contributed by atoms with Crippen LogP contribution in [-0.2, 0) is 13.1 Å². The second-order valence-corrected chi connectivity index (χ2v) is 6.68. The van der Waals surface area contributed by atoms with Crippen LogP contribution in [0.5, 0.6) is 0 Å². The molecule has 3 rings (SSSR count). The average Bonchev–Trinajstić information content (AvgIpc) is 2.88. The number of hydrogen-bond acceptors (Lipinski definition) is 3. The number of nitrogens with one attached hydrogen (secondary N) is 1. The molecule has 128 valence electrons. The number of nitrogens with zero attached hydrogens (tertiary/aromatic N) is 2. The molecule has 1 aromatic heterocycles.